The van der Waals surface area contributed by atoms with E-state index < -0.39 is 0 Å². The fraction of sp³-hybridized carbons (Fsp3) is 0.176. The number of rotatable bonds is 3. The predicted molar refractivity (Wildman–Crippen MR) is 84.6 cm³/mol. The van der Waals surface area contributed by atoms with Gasteiger partial charge < -0.3 is 4.90 Å². The normalized spacial score (nSPS) is 15.1. The van der Waals surface area contributed by atoms with Gasteiger partial charge in [-0.25, -0.2) is 0 Å². The van der Waals surface area contributed by atoms with E-state index >= 15 is 0 Å². The van der Waals surface area contributed by atoms with E-state index in [4.69, 9.17) is 0 Å². The summed E-state index contributed by atoms with van der Waals surface area (Å²) in [5, 5.41) is 0. The third-order valence-electron chi connectivity index (χ3n) is 3.69. The van der Waals surface area contributed by atoms with Crippen LogP contribution in [-0.4, -0.2) is 6.54 Å². The molecule has 2 aromatic carbocycles. The maximum absolute atomic E-state index is 4.02. The Morgan fingerprint density at radius 3 is 2.58 bits per heavy atom. The first-order valence-electron chi connectivity index (χ1n) is 6.52. The van der Waals surface area contributed by atoms with E-state index in [0.29, 0.717) is 0 Å². The molecule has 0 spiro atoms. The monoisotopic (exact) mass is 313 g/mol. The molecule has 0 N–H and O–H groups in total. The highest BCUT2D eigenvalue weighted by atomic mass is 79.9. The van der Waals surface area contributed by atoms with E-state index in [1.165, 1.54) is 16.8 Å². The minimum Gasteiger partial charge on any atom is -0.360 e. The van der Waals surface area contributed by atoms with Gasteiger partial charge in [0, 0.05) is 16.7 Å². The molecule has 19 heavy (non-hydrogen) atoms. The SMILES string of the molecule is C=C[C@@H](c1ccc(Br)cc1)N1CCc2ccccc21. The second-order valence-electron chi connectivity index (χ2n) is 4.80. The quantitative estimate of drug-likeness (QED) is 0.740. The second-order valence-corrected chi connectivity index (χ2v) is 5.72. The molecule has 1 atom stereocenters. The minimum absolute atomic E-state index is 0.247. The van der Waals surface area contributed by atoms with Gasteiger partial charge in [-0.3, -0.25) is 0 Å². The number of halogens is 1. The molecule has 0 bridgehead atoms. The van der Waals surface area contributed by atoms with Crippen molar-refractivity contribution in [1.82, 2.24) is 0 Å². The molecule has 2 heteroatoms. The van der Waals surface area contributed by atoms with Crippen molar-refractivity contribution < 1.29 is 0 Å². The third-order valence-corrected chi connectivity index (χ3v) is 4.22. The molecule has 0 aromatic heterocycles. The molecular formula is C17H16BrN. The highest BCUT2D eigenvalue weighted by Crippen LogP contribution is 2.35. The number of para-hydroxylation sites is 1. The van der Waals surface area contributed by atoms with Gasteiger partial charge >= 0.3 is 0 Å². The van der Waals surface area contributed by atoms with Gasteiger partial charge in [0.15, 0.2) is 0 Å². The van der Waals surface area contributed by atoms with Gasteiger partial charge in [0.1, 0.15) is 0 Å². The number of nitrogens with zero attached hydrogens (tertiary/aromatic N) is 1. The number of hydrogen-bond acceptors (Lipinski definition) is 1. The molecule has 0 saturated heterocycles. The zero-order valence-electron chi connectivity index (χ0n) is 10.7. The minimum atomic E-state index is 0.247. The third kappa shape index (κ3) is 2.33. The lowest BCUT2D eigenvalue weighted by Crippen LogP contribution is -2.25. The largest absolute Gasteiger partial charge is 0.360 e. The summed E-state index contributed by atoms with van der Waals surface area (Å²) in [5.74, 6) is 0. The summed E-state index contributed by atoms with van der Waals surface area (Å²) in [4.78, 5) is 2.44. The van der Waals surface area contributed by atoms with Crippen LogP contribution in [0.1, 0.15) is 17.2 Å². The summed E-state index contributed by atoms with van der Waals surface area (Å²) in [6.45, 7) is 5.09. The van der Waals surface area contributed by atoms with E-state index in [-0.39, 0.29) is 6.04 Å². The predicted octanol–water partition coefficient (Wildman–Crippen LogP) is 4.74. The average molecular weight is 314 g/mol. The van der Waals surface area contributed by atoms with E-state index in [2.05, 4.69) is 75.9 Å². The summed E-state index contributed by atoms with van der Waals surface area (Å²) < 4.78 is 1.11. The van der Waals surface area contributed by atoms with Gasteiger partial charge in [-0.15, -0.1) is 6.58 Å². The Balaban J connectivity index is 1.96. The smallest absolute Gasteiger partial charge is 0.0724 e. The Kier molecular flexibility index (Phi) is 3.43. The van der Waals surface area contributed by atoms with Gasteiger partial charge in [0.2, 0.25) is 0 Å². The Labute approximate surface area is 122 Å². The van der Waals surface area contributed by atoms with Crippen molar-refractivity contribution in [2.75, 3.05) is 11.4 Å². The topological polar surface area (TPSA) is 3.24 Å². The maximum atomic E-state index is 4.02. The van der Waals surface area contributed by atoms with E-state index in [0.717, 1.165) is 17.4 Å². The molecule has 3 rings (SSSR count). The van der Waals surface area contributed by atoms with Gasteiger partial charge in [-0.1, -0.05) is 52.3 Å². The van der Waals surface area contributed by atoms with Crippen molar-refractivity contribution >= 4 is 21.6 Å². The summed E-state index contributed by atoms with van der Waals surface area (Å²) in [6.07, 6.45) is 3.16. The Morgan fingerprint density at radius 1 is 1.11 bits per heavy atom. The zero-order chi connectivity index (χ0) is 13.2. The fourth-order valence-corrected chi connectivity index (χ4v) is 3.02. The van der Waals surface area contributed by atoms with Crippen molar-refractivity contribution in [2.24, 2.45) is 0 Å². The van der Waals surface area contributed by atoms with Crippen LogP contribution < -0.4 is 4.90 Å². The second kappa shape index (κ2) is 5.22. The first-order valence-corrected chi connectivity index (χ1v) is 7.31. The van der Waals surface area contributed by atoms with Gasteiger partial charge in [-0.05, 0) is 35.7 Å². The van der Waals surface area contributed by atoms with Crippen molar-refractivity contribution in [3.63, 3.8) is 0 Å². The molecule has 0 amide bonds. The lowest BCUT2D eigenvalue weighted by atomic mass is 10.1. The van der Waals surface area contributed by atoms with Gasteiger partial charge in [-0.2, -0.15) is 0 Å². The van der Waals surface area contributed by atoms with Crippen molar-refractivity contribution in [1.29, 1.82) is 0 Å². The van der Waals surface area contributed by atoms with Crippen molar-refractivity contribution in [2.45, 2.75) is 12.5 Å². The highest BCUT2D eigenvalue weighted by molar-refractivity contribution is 9.10. The number of hydrogen-bond donors (Lipinski definition) is 0. The Hall–Kier alpha value is -1.54. The molecular weight excluding hydrogens is 298 g/mol. The van der Waals surface area contributed by atoms with Gasteiger partial charge in [0.25, 0.3) is 0 Å². The fourth-order valence-electron chi connectivity index (χ4n) is 2.76. The summed E-state index contributed by atoms with van der Waals surface area (Å²) in [7, 11) is 0. The maximum Gasteiger partial charge on any atom is 0.0724 e. The van der Waals surface area contributed by atoms with Gasteiger partial charge in [0.05, 0.1) is 6.04 Å². The van der Waals surface area contributed by atoms with Crippen molar-refractivity contribution in [3.05, 3.63) is 76.8 Å². The molecule has 0 aliphatic carbocycles. The molecule has 1 aliphatic heterocycles. The molecule has 0 radical (unpaired) electrons. The van der Waals surface area contributed by atoms with Crippen LogP contribution in [-0.2, 0) is 6.42 Å². The average Bonchev–Trinajstić information content (AvgIpc) is 2.86. The van der Waals surface area contributed by atoms with Crippen LogP contribution in [0.4, 0.5) is 5.69 Å². The Morgan fingerprint density at radius 2 is 1.84 bits per heavy atom. The van der Waals surface area contributed by atoms with E-state index in [1.807, 2.05) is 6.08 Å². The van der Waals surface area contributed by atoms with Crippen LogP contribution in [0.2, 0.25) is 0 Å². The lowest BCUT2D eigenvalue weighted by molar-refractivity contribution is 0.754. The lowest BCUT2D eigenvalue weighted by Gasteiger charge is -2.28. The first-order chi connectivity index (χ1) is 9.29. The molecule has 0 fully saturated rings. The van der Waals surface area contributed by atoms with Crippen LogP contribution in [0.3, 0.4) is 0 Å². The van der Waals surface area contributed by atoms with E-state index in [1.54, 1.807) is 0 Å². The summed E-state index contributed by atoms with van der Waals surface area (Å²) in [5.41, 5.74) is 4.07. The van der Waals surface area contributed by atoms with Crippen LogP contribution in [0.25, 0.3) is 0 Å². The number of fused-ring (bicyclic) bond motifs is 1. The standard InChI is InChI=1S/C17H16BrN/c1-2-16(14-7-9-15(18)10-8-14)19-12-11-13-5-3-4-6-17(13)19/h2-10,16H,1,11-12H2/t16-/m0/s1. The van der Waals surface area contributed by atoms with Crippen molar-refractivity contribution in [3.8, 4) is 0 Å². The molecule has 1 nitrogen and oxygen atoms in total. The summed E-state index contributed by atoms with van der Waals surface area (Å²) >= 11 is 3.49. The number of benzene rings is 2. The zero-order valence-corrected chi connectivity index (χ0v) is 12.3. The van der Waals surface area contributed by atoms with Crippen LogP contribution in [0.15, 0.2) is 65.7 Å². The molecule has 2 aromatic rings. The van der Waals surface area contributed by atoms with E-state index in [9.17, 15) is 0 Å². The summed E-state index contributed by atoms with van der Waals surface area (Å²) in [6, 6.07) is 17.4. The molecule has 1 aliphatic rings. The van der Waals surface area contributed by atoms with Crippen LogP contribution >= 0.6 is 15.9 Å². The van der Waals surface area contributed by atoms with Crippen LogP contribution in [0.5, 0.6) is 0 Å². The molecule has 0 unspecified atom stereocenters. The molecule has 1 heterocycles. The molecule has 0 saturated carbocycles. The number of anilines is 1. The molecule has 96 valence electrons. The Bertz CT molecular complexity index is 588. The van der Waals surface area contributed by atoms with Crippen LogP contribution in [0, 0.1) is 0 Å². The first kappa shape index (κ1) is 12.5. The highest BCUT2D eigenvalue weighted by Gasteiger charge is 2.24.